The van der Waals surface area contributed by atoms with E-state index in [0.717, 1.165) is 26.1 Å². The van der Waals surface area contributed by atoms with Crippen molar-refractivity contribution in [3.8, 4) is 0 Å². The molecule has 0 N–H and O–H groups in total. The molecule has 0 radical (unpaired) electrons. The molecule has 0 saturated heterocycles. The zero-order chi connectivity index (χ0) is 11.7. The average molecular weight is 300 g/mol. The number of aromatic nitrogens is 1. The molecular weight excluding hydrogens is 290 g/mol. The minimum absolute atomic E-state index is 0.305. The molecule has 1 aromatic heterocycles. The smallest absolute Gasteiger partial charge is 0.337 e. The number of hydrogen-bond donors (Lipinski definition) is 0. The molecule has 0 aliphatic heterocycles. The summed E-state index contributed by atoms with van der Waals surface area (Å²) in [4.78, 5) is 15.9. The molecule has 0 aliphatic rings. The highest BCUT2D eigenvalue weighted by atomic mass is 79.9. The van der Waals surface area contributed by atoms with E-state index in [0.29, 0.717) is 5.56 Å². The third-order valence-corrected chi connectivity index (χ3v) is 3.80. The number of fused-ring (bicyclic) bond motifs is 1. The first kappa shape index (κ1) is 11.5. The van der Waals surface area contributed by atoms with Crippen molar-refractivity contribution in [2.24, 2.45) is 0 Å². The lowest BCUT2D eigenvalue weighted by Crippen LogP contribution is -2.01. The van der Waals surface area contributed by atoms with Gasteiger partial charge in [0.1, 0.15) is 0 Å². The van der Waals surface area contributed by atoms with Gasteiger partial charge in [-0.2, -0.15) is 0 Å². The van der Waals surface area contributed by atoms with E-state index >= 15 is 0 Å². The van der Waals surface area contributed by atoms with E-state index in [-0.39, 0.29) is 5.97 Å². The lowest BCUT2D eigenvalue weighted by atomic mass is 10.1. The van der Waals surface area contributed by atoms with Gasteiger partial charge in [0.25, 0.3) is 0 Å². The van der Waals surface area contributed by atoms with Gasteiger partial charge in [-0.15, -0.1) is 11.3 Å². The van der Waals surface area contributed by atoms with Crippen molar-refractivity contribution in [1.82, 2.24) is 4.98 Å². The maximum Gasteiger partial charge on any atom is 0.337 e. The number of esters is 1. The van der Waals surface area contributed by atoms with E-state index in [1.54, 1.807) is 0 Å². The van der Waals surface area contributed by atoms with E-state index in [4.69, 9.17) is 4.74 Å². The minimum atomic E-state index is -0.305. The van der Waals surface area contributed by atoms with Crippen LogP contribution >= 0.6 is 27.3 Å². The summed E-state index contributed by atoms with van der Waals surface area (Å²) in [7, 11) is 1.39. The Morgan fingerprint density at radius 3 is 2.94 bits per heavy atom. The lowest BCUT2D eigenvalue weighted by molar-refractivity contribution is 0.0601. The first-order valence-electron chi connectivity index (χ1n) is 4.83. The average Bonchev–Trinajstić information content (AvgIpc) is 2.66. The van der Waals surface area contributed by atoms with Gasteiger partial charge in [0.2, 0.25) is 0 Å². The number of nitrogens with zero attached hydrogens (tertiary/aromatic N) is 1. The van der Waals surface area contributed by atoms with Gasteiger partial charge in [0, 0.05) is 0 Å². The van der Waals surface area contributed by atoms with Gasteiger partial charge < -0.3 is 4.74 Å². The topological polar surface area (TPSA) is 39.2 Å². The van der Waals surface area contributed by atoms with Crippen LogP contribution < -0.4 is 0 Å². The first-order chi connectivity index (χ1) is 7.65. The number of carbonyl (C=O) groups excluding carboxylic acids is 1. The third-order valence-electron chi connectivity index (χ3n) is 2.35. The number of rotatable bonds is 2. The molecule has 2 rings (SSSR count). The van der Waals surface area contributed by atoms with Crippen molar-refractivity contribution in [3.05, 3.63) is 27.2 Å². The number of thiazole rings is 1. The fourth-order valence-electron chi connectivity index (χ4n) is 1.58. The molecule has 0 saturated carbocycles. The highest BCUT2D eigenvalue weighted by Crippen LogP contribution is 2.30. The number of ether oxygens (including phenoxy) is 1. The number of hydrogen-bond acceptors (Lipinski definition) is 4. The number of carbonyl (C=O) groups is 1. The quantitative estimate of drug-likeness (QED) is 0.798. The van der Waals surface area contributed by atoms with Gasteiger partial charge in [-0.3, -0.25) is 0 Å². The summed E-state index contributed by atoms with van der Waals surface area (Å²) in [6.07, 6.45) is 0.845. The van der Waals surface area contributed by atoms with E-state index in [1.807, 2.05) is 19.1 Å². The van der Waals surface area contributed by atoms with E-state index in [1.165, 1.54) is 18.4 Å². The van der Waals surface area contributed by atoms with Crippen molar-refractivity contribution < 1.29 is 9.53 Å². The van der Waals surface area contributed by atoms with Crippen LogP contribution in [0.1, 0.15) is 22.8 Å². The van der Waals surface area contributed by atoms with Gasteiger partial charge in [-0.05, 0) is 40.0 Å². The number of methoxy groups -OCH3 is 1. The van der Waals surface area contributed by atoms with Crippen LogP contribution in [0.2, 0.25) is 0 Å². The molecule has 3 nitrogen and oxygen atoms in total. The Hall–Kier alpha value is -0.940. The van der Waals surface area contributed by atoms with Crippen LogP contribution in [0.3, 0.4) is 0 Å². The fraction of sp³-hybridized carbons (Fsp3) is 0.273. The van der Waals surface area contributed by atoms with Crippen molar-refractivity contribution >= 4 is 43.5 Å². The van der Waals surface area contributed by atoms with Gasteiger partial charge in [-0.1, -0.05) is 6.92 Å². The molecule has 0 spiro atoms. The molecule has 0 aliphatic carbocycles. The molecule has 0 atom stereocenters. The molecule has 0 fully saturated rings. The van der Waals surface area contributed by atoms with Crippen LogP contribution in [0.4, 0.5) is 0 Å². The van der Waals surface area contributed by atoms with Crippen molar-refractivity contribution in [2.45, 2.75) is 13.3 Å². The Labute approximate surface area is 106 Å². The second kappa shape index (κ2) is 4.51. The number of aryl methyl sites for hydroxylation is 1. The first-order valence-corrected chi connectivity index (χ1v) is 6.44. The van der Waals surface area contributed by atoms with E-state index in [9.17, 15) is 4.79 Å². The Morgan fingerprint density at radius 1 is 1.56 bits per heavy atom. The third kappa shape index (κ3) is 1.97. The summed E-state index contributed by atoms with van der Waals surface area (Å²) in [6.45, 7) is 2.04. The normalized spacial score (nSPS) is 10.7. The van der Waals surface area contributed by atoms with Gasteiger partial charge in [0.15, 0.2) is 3.92 Å². The predicted molar refractivity (Wildman–Crippen MR) is 68.0 cm³/mol. The Balaban J connectivity index is 2.67. The fourth-order valence-corrected chi connectivity index (χ4v) is 3.06. The minimum Gasteiger partial charge on any atom is -0.465 e. The standard InChI is InChI=1S/C11H10BrNO2S/c1-3-6-4-7(10(14)15-2)5-8-9(6)13-11(12)16-8/h4-5H,3H2,1-2H3. The molecule has 16 heavy (non-hydrogen) atoms. The lowest BCUT2D eigenvalue weighted by Gasteiger charge is -2.03. The van der Waals surface area contributed by atoms with Gasteiger partial charge >= 0.3 is 5.97 Å². The molecular formula is C11H10BrNO2S. The Morgan fingerprint density at radius 2 is 2.31 bits per heavy atom. The maximum absolute atomic E-state index is 11.5. The summed E-state index contributed by atoms with van der Waals surface area (Å²) in [5, 5.41) is 0. The van der Waals surface area contributed by atoms with Crippen LogP contribution in [0.5, 0.6) is 0 Å². The van der Waals surface area contributed by atoms with E-state index in [2.05, 4.69) is 20.9 Å². The molecule has 84 valence electrons. The molecule has 1 aromatic carbocycles. The maximum atomic E-state index is 11.5. The molecule has 2 aromatic rings. The summed E-state index contributed by atoms with van der Waals surface area (Å²) in [5.41, 5.74) is 2.62. The second-order valence-electron chi connectivity index (χ2n) is 3.29. The van der Waals surface area contributed by atoms with Crippen LogP contribution in [0.15, 0.2) is 16.0 Å². The second-order valence-corrected chi connectivity index (χ2v) is 5.60. The highest BCUT2D eigenvalue weighted by molar-refractivity contribution is 9.11. The highest BCUT2D eigenvalue weighted by Gasteiger charge is 2.12. The van der Waals surface area contributed by atoms with Crippen molar-refractivity contribution in [1.29, 1.82) is 0 Å². The van der Waals surface area contributed by atoms with Crippen LogP contribution in [0, 0.1) is 0 Å². The zero-order valence-electron chi connectivity index (χ0n) is 8.91. The van der Waals surface area contributed by atoms with Crippen LogP contribution in [-0.2, 0) is 11.2 Å². The van der Waals surface area contributed by atoms with Gasteiger partial charge in [0.05, 0.1) is 22.9 Å². The van der Waals surface area contributed by atoms with Gasteiger partial charge in [-0.25, -0.2) is 9.78 Å². The molecule has 1 heterocycles. The van der Waals surface area contributed by atoms with Crippen LogP contribution in [-0.4, -0.2) is 18.1 Å². The molecule has 5 heteroatoms. The molecule has 0 unspecified atom stereocenters. The Bertz CT molecular complexity index is 550. The monoisotopic (exact) mass is 299 g/mol. The summed E-state index contributed by atoms with van der Waals surface area (Å²) in [6, 6.07) is 3.67. The number of halogens is 1. The summed E-state index contributed by atoms with van der Waals surface area (Å²) >= 11 is 4.88. The summed E-state index contributed by atoms with van der Waals surface area (Å²) in [5.74, 6) is -0.305. The van der Waals surface area contributed by atoms with Crippen molar-refractivity contribution in [2.75, 3.05) is 7.11 Å². The number of benzene rings is 1. The zero-order valence-corrected chi connectivity index (χ0v) is 11.3. The predicted octanol–water partition coefficient (Wildman–Crippen LogP) is 3.41. The Kier molecular flexibility index (Phi) is 3.25. The van der Waals surface area contributed by atoms with E-state index < -0.39 is 0 Å². The summed E-state index contributed by atoms with van der Waals surface area (Å²) < 4.78 is 6.56. The van der Waals surface area contributed by atoms with Crippen molar-refractivity contribution in [3.63, 3.8) is 0 Å². The molecule has 0 bridgehead atoms. The SMILES string of the molecule is CCc1cc(C(=O)OC)cc2sc(Br)nc12. The van der Waals surface area contributed by atoms with Crippen LogP contribution in [0.25, 0.3) is 10.2 Å². The largest absolute Gasteiger partial charge is 0.465 e. The molecule has 0 amide bonds.